The highest BCUT2D eigenvalue weighted by Crippen LogP contribution is 2.03. The average Bonchev–Trinajstić information content (AvgIpc) is 2.04. The summed E-state index contributed by atoms with van der Waals surface area (Å²) in [6.45, 7) is 1.44. The lowest BCUT2D eigenvalue weighted by Gasteiger charge is -2.06. The molecule has 0 saturated carbocycles. The van der Waals surface area contributed by atoms with Crippen molar-refractivity contribution < 1.29 is 14.7 Å². The Morgan fingerprint density at radius 2 is 2.25 bits per heavy atom. The third-order valence-corrected chi connectivity index (χ3v) is 1.63. The summed E-state index contributed by atoms with van der Waals surface area (Å²) in [6.07, 6.45) is 1.47. The van der Waals surface area contributed by atoms with Crippen molar-refractivity contribution in [2.75, 3.05) is 11.9 Å². The number of hydrogen-bond donors (Lipinski definition) is 1. The Bertz CT molecular complexity index is 299. The minimum absolute atomic E-state index is 0.121. The van der Waals surface area contributed by atoms with Crippen LogP contribution in [0.3, 0.4) is 0 Å². The number of anilines is 1. The number of carbonyl (C=O) groups excluding carboxylic acids is 1. The molecular weight excluding hydrogens is 156 g/mol. The predicted octanol–water partition coefficient (Wildman–Crippen LogP) is 0.194. The van der Waals surface area contributed by atoms with E-state index in [1.165, 1.54) is 18.0 Å². The monoisotopic (exact) mass is 167 g/mol. The van der Waals surface area contributed by atoms with Crippen LogP contribution in [-0.2, 0) is 4.79 Å². The van der Waals surface area contributed by atoms with Crippen molar-refractivity contribution in [2.24, 2.45) is 0 Å². The van der Waals surface area contributed by atoms with E-state index in [9.17, 15) is 10.0 Å². The smallest absolute Gasteiger partial charge is 0.323 e. The van der Waals surface area contributed by atoms with E-state index in [4.69, 9.17) is 0 Å². The molecule has 1 aromatic heterocycles. The zero-order valence-corrected chi connectivity index (χ0v) is 7.06. The van der Waals surface area contributed by atoms with Gasteiger partial charge < -0.3 is 5.21 Å². The lowest BCUT2D eigenvalue weighted by atomic mass is 10.4. The van der Waals surface area contributed by atoms with Crippen molar-refractivity contribution >= 4 is 11.7 Å². The number of amides is 1. The van der Waals surface area contributed by atoms with Gasteiger partial charge in [0.1, 0.15) is 6.20 Å². The second kappa shape index (κ2) is 3.21. The maximum atomic E-state index is 10.9. The van der Waals surface area contributed by atoms with Crippen LogP contribution >= 0.6 is 0 Å². The largest absolute Gasteiger partial charge is 0.350 e. The predicted molar refractivity (Wildman–Crippen MR) is 42.9 cm³/mol. The van der Waals surface area contributed by atoms with Gasteiger partial charge in [-0.3, -0.25) is 0 Å². The van der Waals surface area contributed by atoms with Crippen molar-refractivity contribution in [3.8, 4) is 0 Å². The minimum Gasteiger partial charge on any atom is -0.350 e. The van der Waals surface area contributed by atoms with Gasteiger partial charge in [0.05, 0.1) is 7.05 Å². The molecule has 12 heavy (non-hydrogen) atoms. The zero-order chi connectivity index (χ0) is 9.14. The van der Waals surface area contributed by atoms with Crippen molar-refractivity contribution in [2.45, 2.75) is 6.92 Å². The van der Waals surface area contributed by atoms with E-state index in [2.05, 4.69) is 0 Å². The topological polar surface area (TPSA) is 44.4 Å². The van der Waals surface area contributed by atoms with Gasteiger partial charge >= 0.3 is 11.7 Å². The van der Waals surface area contributed by atoms with E-state index in [1.807, 2.05) is 0 Å². The Balaban J connectivity index is 3.02. The van der Waals surface area contributed by atoms with E-state index < -0.39 is 0 Å². The quantitative estimate of drug-likeness (QED) is 0.479. The van der Waals surface area contributed by atoms with Crippen LogP contribution in [0.15, 0.2) is 24.4 Å². The molecule has 1 amide bonds. The first-order valence-electron chi connectivity index (χ1n) is 3.57. The summed E-state index contributed by atoms with van der Waals surface area (Å²) in [5, 5.41) is 9.25. The summed E-state index contributed by atoms with van der Waals surface area (Å²) < 4.78 is 0.904. The average molecular weight is 167 g/mol. The molecule has 1 aromatic rings. The fraction of sp³-hybridized carbons (Fsp3) is 0.250. The minimum atomic E-state index is -0.121. The molecule has 1 heterocycles. The summed E-state index contributed by atoms with van der Waals surface area (Å²) in [7, 11) is 1.60. The first-order valence-corrected chi connectivity index (χ1v) is 3.57. The highest BCUT2D eigenvalue weighted by molar-refractivity contribution is 5.88. The van der Waals surface area contributed by atoms with Crippen molar-refractivity contribution in [1.29, 1.82) is 0 Å². The van der Waals surface area contributed by atoms with Gasteiger partial charge in [-0.2, -0.15) is 4.90 Å². The van der Waals surface area contributed by atoms with Crippen LogP contribution in [0.2, 0.25) is 0 Å². The molecule has 64 valence electrons. The number of aromatic nitrogens is 1. The lowest BCUT2D eigenvalue weighted by Crippen LogP contribution is -2.39. The third-order valence-electron chi connectivity index (χ3n) is 1.63. The van der Waals surface area contributed by atoms with Gasteiger partial charge in [-0.05, 0) is 6.07 Å². The SMILES string of the molecule is CC(=O)N(C)c1cccc[n+]1O. The number of carbonyl (C=O) groups is 1. The van der Waals surface area contributed by atoms with Crippen LogP contribution in [0.25, 0.3) is 0 Å². The number of nitrogens with zero attached hydrogens (tertiary/aromatic N) is 2. The van der Waals surface area contributed by atoms with Gasteiger partial charge in [-0.25, -0.2) is 4.79 Å². The summed E-state index contributed by atoms with van der Waals surface area (Å²) in [6, 6.07) is 5.08. The molecule has 1 N–H and O–H groups in total. The maximum Gasteiger partial charge on any atom is 0.323 e. The first-order chi connectivity index (χ1) is 5.63. The lowest BCUT2D eigenvalue weighted by molar-refractivity contribution is -0.894. The maximum absolute atomic E-state index is 10.9. The van der Waals surface area contributed by atoms with Crippen LogP contribution in [0.4, 0.5) is 5.82 Å². The Morgan fingerprint density at radius 3 is 2.75 bits per heavy atom. The van der Waals surface area contributed by atoms with Gasteiger partial charge in [0, 0.05) is 13.0 Å². The molecule has 0 bridgehead atoms. The molecule has 0 aliphatic carbocycles. The van der Waals surface area contributed by atoms with Crippen LogP contribution in [0, 0.1) is 0 Å². The van der Waals surface area contributed by atoms with Crippen molar-refractivity contribution in [3.05, 3.63) is 24.4 Å². The molecule has 0 atom stereocenters. The van der Waals surface area contributed by atoms with Crippen molar-refractivity contribution in [3.63, 3.8) is 0 Å². The summed E-state index contributed by atoms with van der Waals surface area (Å²) in [5.41, 5.74) is 0. The molecule has 0 radical (unpaired) electrons. The molecule has 0 aromatic carbocycles. The molecule has 4 heteroatoms. The molecule has 0 aliphatic heterocycles. The molecule has 1 rings (SSSR count). The van der Waals surface area contributed by atoms with Gasteiger partial charge in [-0.1, -0.05) is 10.8 Å². The van der Waals surface area contributed by atoms with Crippen LogP contribution < -0.4 is 9.63 Å². The van der Waals surface area contributed by atoms with E-state index >= 15 is 0 Å². The standard InChI is InChI=1S/C8H11N2O2/c1-7(11)9(2)8-5-3-4-6-10(8)12/h3-6,12H,1-2H3/q+1. The molecule has 0 fully saturated rings. The normalized spacial score (nSPS) is 9.50. The van der Waals surface area contributed by atoms with E-state index in [1.54, 1.807) is 25.2 Å². The number of rotatable bonds is 1. The van der Waals surface area contributed by atoms with Gasteiger partial charge in [-0.15, -0.1) is 0 Å². The summed E-state index contributed by atoms with van der Waals surface area (Å²) >= 11 is 0. The van der Waals surface area contributed by atoms with E-state index in [0.29, 0.717) is 5.82 Å². The van der Waals surface area contributed by atoms with Crippen molar-refractivity contribution in [1.82, 2.24) is 0 Å². The van der Waals surface area contributed by atoms with Gasteiger partial charge in [0.15, 0.2) is 0 Å². The molecule has 0 aliphatic rings. The second-order valence-corrected chi connectivity index (χ2v) is 2.48. The first kappa shape index (κ1) is 8.52. The fourth-order valence-corrected chi connectivity index (χ4v) is 0.852. The number of pyridine rings is 1. The van der Waals surface area contributed by atoms with Gasteiger partial charge in [0.25, 0.3) is 0 Å². The number of hydrogen-bond acceptors (Lipinski definition) is 2. The summed E-state index contributed by atoms with van der Waals surface area (Å²) in [5.74, 6) is 0.328. The van der Waals surface area contributed by atoms with Crippen LogP contribution in [-0.4, -0.2) is 18.2 Å². The van der Waals surface area contributed by atoms with E-state index in [-0.39, 0.29) is 5.91 Å². The summed E-state index contributed by atoms with van der Waals surface area (Å²) in [4.78, 5) is 12.3. The van der Waals surface area contributed by atoms with Crippen LogP contribution in [0.5, 0.6) is 0 Å². The Labute approximate surface area is 70.6 Å². The highest BCUT2D eigenvalue weighted by Gasteiger charge is 2.17. The third kappa shape index (κ3) is 1.53. The molecule has 0 unspecified atom stereocenters. The fourth-order valence-electron chi connectivity index (χ4n) is 0.852. The van der Waals surface area contributed by atoms with Crippen LogP contribution in [0.1, 0.15) is 6.92 Å². The van der Waals surface area contributed by atoms with E-state index in [0.717, 1.165) is 4.73 Å². The second-order valence-electron chi connectivity index (χ2n) is 2.48. The Hall–Kier alpha value is -1.58. The zero-order valence-electron chi connectivity index (χ0n) is 7.06. The molecule has 0 saturated heterocycles. The molecular formula is C8H11N2O2+. The Kier molecular flexibility index (Phi) is 2.28. The highest BCUT2D eigenvalue weighted by atomic mass is 16.5. The Morgan fingerprint density at radius 1 is 1.58 bits per heavy atom. The molecule has 4 nitrogen and oxygen atoms in total. The van der Waals surface area contributed by atoms with Gasteiger partial charge in [0.2, 0.25) is 0 Å². The molecule has 0 spiro atoms.